The summed E-state index contributed by atoms with van der Waals surface area (Å²) in [4.78, 5) is 8.45. The molecule has 1 aromatic heterocycles. The number of nitrogens with zero attached hydrogens (tertiary/aromatic N) is 1. The largest absolute Gasteiger partial charge is 0.496 e. The number of imidazole rings is 1. The van der Waals surface area contributed by atoms with E-state index in [0.717, 1.165) is 33.7 Å². The maximum Gasteiger partial charge on any atom is 0.142 e. The summed E-state index contributed by atoms with van der Waals surface area (Å²) in [5.74, 6) is 0.765. The topological polar surface area (TPSA) is 37.9 Å². The minimum absolute atomic E-state index is 0.0901. The van der Waals surface area contributed by atoms with Crippen molar-refractivity contribution in [3.63, 3.8) is 0 Å². The number of aromatic nitrogens is 2. The van der Waals surface area contributed by atoms with E-state index < -0.39 is 0 Å². The number of aromatic amines is 1. The van der Waals surface area contributed by atoms with Crippen molar-refractivity contribution in [3.8, 4) is 39.7 Å². The van der Waals surface area contributed by atoms with Gasteiger partial charge in [-0.25, -0.2) is 13.8 Å². The molecule has 0 atom stereocenters. The van der Waals surface area contributed by atoms with Gasteiger partial charge in [0.2, 0.25) is 0 Å². The Morgan fingerprint density at radius 3 is 1.77 bits per heavy atom. The van der Waals surface area contributed by atoms with Gasteiger partial charge in [-0.1, -0.05) is 47.6 Å². The monoisotopic (exact) mass is 474 g/mol. The average Bonchev–Trinajstić information content (AvgIpc) is 3.23. The first-order chi connectivity index (χ1) is 16.4. The van der Waals surface area contributed by atoms with Gasteiger partial charge in [0.1, 0.15) is 23.2 Å². The van der Waals surface area contributed by atoms with Crippen LogP contribution < -0.4 is 4.74 Å². The van der Waals surface area contributed by atoms with Gasteiger partial charge < -0.3 is 9.72 Å². The van der Waals surface area contributed by atoms with E-state index in [0.29, 0.717) is 11.5 Å². The lowest BCUT2D eigenvalue weighted by Gasteiger charge is -2.28. The average molecular weight is 475 g/mol. The molecule has 0 saturated heterocycles. The van der Waals surface area contributed by atoms with Crippen LogP contribution in [0.3, 0.4) is 0 Å². The van der Waals surface area contributed by atoms with E-state index in [9.17, 15) is 8.78 Å². The van der Waals surface area contributed by atoms with Crippen molar-refractivity contribution in [2.45, 2.75) is 52.4 Å². The first kappa shape index (κ1) is 24.6. The fourth-order valence-electron chi connectivity index (χ4n) is 4.16. The summed E-state index contributed by atoms with van der Waals surface area (Å²) in [5, 5.41) is 0. The Bertz CT molecular complexity index is 1280. The van der Waals surface area contributed by atoms with Crippen LogP contribution in [0.5, 0.6) is 5.75 Å². The van der Waals surface area contributed by atoms with Gasteiger partial charge >= 0.3 is 0 Å². The van der Waals surface area contributed by atoms with Crippen LogP contribution in [0.2, 0.25) is 0 Å². The fraction of sp³-hybridized carbons (Fsp3) is 0.300. The zero-order chi connectivity index (χ0) is 25.5. The van der Waals surface area contributed by atoms with Gasteiger partial charge in [-0.15, -0.1) is 0 Å². The van der Waals surface area contributed by atoms with Gasteiger partial charge in [0.15, 0.2) is 0 Å². The summed E-state index contributed by atoms with van der Waals surface area (Å²) in [6, 6.07) is 16.8. The SMILES string of the molecule is COc1c(-c2nc(-c3ccc(F)cc3)c(-c3ccc(F)cc3)[nH]2)cc(C(C)(C)C)cc1C(C)(C)C. The number of hydrogen-bond acceptors (Lipinski definition) is 2. The molecule has 0 radical (unpaired) electrons. The molecule has 0 saturated carbocycles. The van der Waals surface area contributed by atoms with Crippen LogP contribution in [0, 0.1) is 11.6 Å². The summed E-state index contributed by atoms with van der Waals surface area (Å²) in [5.41, 5.74) is 5.79. The summed E-state index contributed by atoms with van der Waals surface area (Å²) < 4.78 is 33.3. The second-order valence-electron chi connectivity index (χ2n) is 10.9. The lowest BCUT2D eigenvalue weighted by Crippen LogP contribution is -2.18. The highest BCUT2D eigenvalue weighted by molar-refractivity contribution is 5.82. The second-order valence-corrected chi connectivity index (χ2v) is 10.9. The molecule has 1 heterocycles. The Balaban J connectivity index is 2.02. The van der Waals surface area contributed by atoms with E-state index >= 15 is 0 Å². The molecule has 0 spiro atoms. The Kier molecular flexibility index (Phi) is 6.31. The predicted octanol–water partition coefficient (Wildman–Crippen LogP) is 8.29. The number of rotatable bonds is 4. The molecule has 5 heteroatoms. The Morgan fingerprint density at radius 2 is 1.29 bits per heavy atom. The predicted molar refractivity (Wildman–Crippen MR) is 139 cm³/mol. The van der Waals surface area contributed by atoms with E-state index in [2.05, 4.69) is 58.7 Å². The highest BCUT2D eigenvalue weighted by atomic mass is 19.1. The molecule has 3 nitrogen and oxygen atoms in total. The van der Waals surface area contributed by atoms with Crippen LogP contribution >= 0.6 is 0 Å². The molecule has 4 aromatic rings. The van der Waals surface area contributed by atoms with E-state index in [1.165, 1.54) is 29.8 Å². The molecule has 182 valence electrons. The van der Waals surface area contributed by atoms with Gasteiger partial charge in [-0.2, -0.15) is 0 Å². The van der Waals surface area contributed by atoms with Gasteiger partial charge in [0.05, 0.1) is 24.1 Å². The molecule has 0 unspecified atom stereocenters. The number of H-pyrrole nitrogens is 1. The van der Waals surface area contributed by atoms with Gasteiger partial charge in [-0.05, 0) is 71.0 Å². The minimum Gasteiger partial charge on any atom is -0.496 e. The van der Waals surface area contributed by atoms with Crippen LogP contribution in [0.25, 0.3) is 33.9 Å². The lowest BCUT2D eigenvalue weighted by atomic mass is 9.79. The van der Waals surface area contributed by atoms with Crippen molar-refractivity contribution < 1.29 is 13.5 Å². The zero-order valence-corrected chi connectivity index (χ0v) is 21.4. The third kappa shape index (κ3) is 5.00. The molecule has 3 aromatic carbocycles. The number of hydrogen-bond donors (Lipinski definition) is 1. The minimum atomic E-state index is -0.317. The van der Waals surface area contributed by atoms with E-state index in [4.69, 9.17) is 9.72 Å². The van der Waals surface area contributed by atoms with Crippen molar-refractivity contribution in [1.82, 2.24) is 9.97 Å². The Labute approximate surface area is 206 Å². The van der Waals surface area contributed by atoms with Crippen LogP contribution in [-0.2, 0) is 10.8 Å². The van der Waals surface area contributed by atoms with Crippen LogP contribution in [0.15, 0.2) is 60.7 Å². The number of methoxy groups -OCH3 is 1. The Morgan fingerprint density at radius 1 is 0.743 bits per heavy atom. The maximum atomic E-state index is 13.7. The highest BCUT2D eigenvalue weighted by Crippen LogP contribution is 2.43. The first-order valence-electron chi connectivity index (χ1n) is 11.7. The third-order valence-electron chi connectivity index (χ3n) is 6.18. The standard InChI is InChI=1S/C30H32F2N2O/c1-29(2,3)20-16-23(27(35-7)24(17-20)30(4,5)6)28-33-25(18-8-12-21(31)13-9-18)26(34-28)19-10-14-22(32)15-11-19/h8-17H,1-7H3,(H,33,34). The fourth-order valence-corrected chi connectivity index (χ4v) is 4.16. The molecular formula is C30H32F2N2O. The van der Waals surface area contributed by atoms with Gasteiger partial charge in [-0.3, -0.25) is 0 Å². The summed E-state index contributed by atoms with van der Waals surface area (Å²) in [7, 11) is 1.68. The van der Waals surface area contributed by atoms with Crippen molar-refractivity contribution in [2.75, 3.05) is 7.11 Å². The van der Waals surface area contributed by atoms with Crippen molar-refractivity contribution in [3.05, 3.63) is 83.4 Å². The number of nitrogens with one attached hydrogen (secondary N) is 1. The second kappa shape index (κ2) is 8.95. The molecule has 0 fully saturated rings. The summed E-state index contributed by atoms with van der Waals surface area (Å²) in [6.07, 6.45) is 0. The summed E-state index contributed by atoms with van der Waals surface area (Å²) >= 11 is 0. The molecule has 0 amide bonds. The normalized spacial score (nSPS) is 12.1. The first-order valence-corrected chi connectivity index (χ1v) is 11.7. The number of benzene rings is 3. The zero-order valence-electron chi connectivity index (χ0n) is 21.4. The number of ether oxygens (including phenoxy) is 1. The van der Waals surface area contributed by atoms with E-state index in [1.807, 2.05) is 0 Å². The number of halogens is 2. The lowest BCUT2D eigenvalue weighted by molar-refractivity contribution is 0.398. The molecule has 35 heavy (non-hydrogen) atoms. The molecular weight excluding hydrogens is 442 g/mol. The molecule has 0 aliphatic heterocycles. The quantitative estimate of drug-likeness (QED) is 0.323. The molecule has 0 aliphatic rings. The van der Waals surface area contributed by atoms with Crippen molar-refractivity contribution in [2.24, 2.45) is 0 Å². The van der Waals surface area contributed by atoms with E-state index in [-0.39, 0.29) is 22.5 Å². The van der Waals surface area contributed by atoms with Crippen molar-refractivity contribution >= 4 is 0 Å². The molecule has 1 N–H and O–H groups in total. The smallest absolute Gasteiger partial charge is 0.142 e. The van der Waals surface area contributed by atoms with Crippen molar-refractivity contribution in [1.29, 1.82) is 0 Å². The van der Waals surface area contributed by atoms with E-state index in [1.54, 1.807) is 31.4 Å². The summed E-state index contributed by atoms with van der Waals surface area (Å²) in [6.45, 7) is 13.0. The van der Waals surface area contributed by atoms with Crippen LogP contribution in [0.1, 0.15) is 52.7 Å². The van der Waals surface area contributed by atoms with Crippen LogP contribution in [0.4, 0.5) is 8.78 Å². The highest BCUT2D eigenvalue weighted by Gasteiger charge is 2.28. The third-order valence-corrected chi connectivity index (χ3v) is 6.18. The Hall–Kier alpha value is -3.47. The van der Waals surface area contributed by atoms with Gasteiger partial charge in [0.25, 0.3) is 0 Å². The maximum absolute atomic E-state index is 13.7. The molecule has 4 rings (SSSR count). The molecule has 0 aliphatic carbocycles. The van der Waals surface area contributed by atoms with Gasteiger partial charge in [0, 0.05) is 16.7 Å². The molecule has 0 bridgehead atoms. The van der Waals surface area contributed by atoms with Crippen LogP contribution in [-0.4, -0.2) is 17.1 Å².